The molecule has 0 radical (unpaired) electrons. The Morgan fingerprint density at radius 3 is 2.79 bits per heavy atom. The van der Waals surface area contributed by atoms with Crippen LogP contribution in [-0.2, 0) is 9.53 Å². The molecular weight excluding hydrogens is 360 g/mol. The van der Waals surface area contributed by atoms with E-state index in [0.29, 0.717) is 23.8 Å². The molecule has 7 heteroatoms. The predicted molar refractivity (Wildman–Crippen MR) is 108 cm³/mol. The van der Waals surface area contributed by atoms with Crippen LogP contribution >= 0.6 is 0 Å². The minimum Gasteiger partial charge on any atom is -0.497 e. The van der Waals surface area contributed by atoms with Crippen molar-refractivity contribution in [2.75, 3.05) is 44.6 Å². The maximum absolute atomic E-state index is 12.3. The van der Waals surface area contributed by atoms with Crippen molar-refractivity contribution in [2.45, 2.75) is 18.9 Å². The van der Waals surface area contributed by atoms with Crippen molar-refractivity contribution in [3.8, 4) is 17.2 Å². The summed E-state index contributed by atoms with van der Waals surface area (Å²) in [5.74, 6) is 1.76. The third-order valence-electron chi connectivity index (χ3n) is 4.43. The summed E-state index contributed by atoms with van der Waals surface area (Å²) in [6.45, 7) is 1.46. The SMILES string of the molecule is COc1ccc(OC)c(NC(=O)CNc2cccc(OCC3CCCO3)c2)c1. The molecule has 2 N–H and O–H groups in total. The number of anilines is 2. The highest BCUT2D eigenvalue weighted by Crippen LogP contribution is 2.28. The van der Waals surface area contributed by atoms with Crippen LogP contribution < -0.4 is 24.8 Å². The summed E-state index contributed by atoms with van der Waals surface area (Å²) in [4.78, 5) is 12.3. The Balaban J connectivity index is 1.52. The van der Waals surface area contributed by atoms with Crippen LogP contribution in [0.2, 0.25) is 0 Å². The van der Waals surface area contributed by atoms with Gasteiger partial charge in [0, 0.05) is 24.4 Å². The van der Waals surface area contributed by atoms with Gasteiger partial charge >= 0.3 is 0 Å². The number of carbonyl (C=O) groups is 1. The molecule has 1 aliphatic heterocycles. The van der Waals surface area contributed by atoms with Gasteiger partial charge in [0.2, 0.25) is 5.91 Å². The van der Waals surface area contributed by atoms with E-state index < -0.39 is 0 Å². The smallest absolute Gasteiger partial charge is 0.243 e. The van der Waals surface area contributed by atoms with Gasteiger partial charge in [-0.1, -0.05) is 6.07 Å². The van der Waals surface area contributed by atoms with Gasteiger partial charge in [0.05, 0.1) is 32.6 Å². The topological polar surface area (TPSA) is 78.1 Å². The lowest BCUT2D eigenvalue weighted by Gasteiger charge is -2.14. The highest BCUT2D eigenvalue weighted by Gasteiger charge is 2.16. The minimum absolute atomic E-state index is 0.107. The van der Waals surface area contributed by atoms with Gasteiger partial charge in [0.25, 0.3) is 0 Å². The maximum atomic E-state index is 12.3. The van der Waals surface area contributed by atoms with Gasteiger partial charge in [-0.25, -0.2) is 0 Å². The zero-order chi connectivity index (χ0) is 19.8. The zero-order valence-corrected chi connectivity index (χ0v) is 16.2. The average Bonchev–Trinajstić information content (AvgIpc) is 3.25. The summed E-state index contributed by atoms with van der Waals surface area (Å²) in [6, 6.07) is 12.8. The molecule has 1 aliphatic rings. The molecule has 2 aromatic carbocycles. The minimum atomic E-state index is -0.197. The molecule has 3 rings (SSSR count). The predicted octanol–water partition coefficient (Wildman–Crippen LogP) is 3.31. The van der Waals surface area contributed by atoms with E-state index in [2.05, 4.69) is 10.6 Å². The van der Waals surface area contributed by atoms with E-state index in [1.54, 1.807) is 32.4 Å². The van der Waals surface area contributed by atoms with Crippen molar-refractivity contribution in [3.05, 3.63) is 42.5 Å². The van der Waals surface area contributed by atoms with E-state index in [9.17, 15) is 4.79 Å². The van der Waals surface area contributed by atoms with Crippen LogP contribution in [0.25, 0.3) is 0 Å². The first-order chi connectivity index (χ1) is 13.7. The lowest BCUT2D eigenvalue weighted by molar-refractivity contribution is -0.114. The van der Waals surface area contributed by atoms with Crippen LogP contribution in [0.15, 0.2) is 42.5 Å². The van der Waals surface area contributed by atoms with Gasteiger partial charge in [-0.15, -0.1) is 0 Å². The van der Waals surface area contributed by atoms with Crippen molar-refractivity contribution in [1.29, 1.82) is 0 Å². The van der Waals surface area contributed by atoms with Gasteiger partial charge in [-0.05, 0) is 37.1 Å². The van der Waals surface area contributed by atoms with Gasteiger partial charge in [0.15, 0.2) is 0 Å². The number of nitrogens with one attached hydrogen (secondary N) is 2. The summed E-state index contributed by atoms with van der Waals surface area (Å²) in [7, 11) is 3.13. The highest BCUT2D eigenvalue weighted by atomic mass is 16.5. The van der Waals surface area contributed by atoms with Crippen LogP contribution in [0.3, 0.4) is 0 Å². The first-order valence-electron chi connectivity index (χ1n) is 9.28. The van der Waals surface area contributed by atoms with Gasteiger partial charge in [0.1, 0.15) is 23.9 Å². The Kier molecular flexibility index (Phi) is 6.97. The number of carbonyl (C=O) groups excluding carboxylic acids is 1. The molecule has 1 unspecified atom stereocenters. The summed E-state index contributed by atoms with van der Waals surface area (Å²) < 4.78 is 21.8. The molecule has 1 fully saturated rings. The Bertz CT molecular complexity index is 790. The fourth-order valence-electron chi connectivity index (χ4n) is 2.95. The third kappa shape index (κ3) is 5.53. The highest BCUT2D eigenvalue weighted by molar-refractivity contribution is 5.95. The lowest BCUT2D eigenvalue weighted by Crippen LogP contribution is -2.22. The number of methoxy groups -OCH3 is 2. The van der Waals surface area contributed by atoms with Crippen LogP contribution in [-0.4, -0.2) is 46.0 Å². The van der Waals surface area contributed by atoms with E-state index >= 15 is 0 Å². The monoisotopic (exact) mass is 386 g/mol. The zero-order valence-electron chi connectivity index (χ0n) is 16.2. The molecule has 150 valence electrons. The summed E-state index contributed by atoms with van der Waals surface area (Å²) >= 11 is 0. The van der Waals surface area contributed by atoms with E-state index in [-0.39, 0.29) is 18.6 Å². The summed E-state index contributed by atoms with van der Waals surface area (Å²) in [5, 5.41) is 5.93. The fourth-order valence-corrected chi connectivity index (χ4v) is 2.95. The third-order valence-corrected chi connectivity index (χ3v) is 4.43. The molecule has 0 saturated carbocycles. The molecule has 0 spiro atoms. The van der Waals surface area contributed by atoms with Crippen molar-refractivity contribution in [2.24, 2.45) is 0 Å². The number of benzene rings is 2. The van der Waals surface area contributed by atoms with Crippen LogP contribution in [0.1, 0.15) is 12.8 Å². The second kappa shape index (κ2) is 9.85. The van der Waals surface area contributed by atoms with Crippen molar-refractivity contribution in [1.82, 2.24) is 0 Å². The van der Waals surface area contributed by atoms with Crippen molar-refractivity contribution < 1.29 is 23.7 Å². The quantitative estimate of drug-likeness (QED) is 0.688. The van der Waals surface area contributed by atoms with Crippen LogP contribution in [0, 0.1) is 0 Å². The molecule has 2 aromatic rings. The normalized spacial score (nSPS) is 15.7. The van der Waals surface area contributed by atoms with E-state index in [0.717, 1.165) is 30.9 Å². The van der Waals surface area contributed by atoms with Gasteiger partial charge in [-0.3, -0.25) is 4.79 Å². The number of ether oxygens (including phenoxy) is 4. The Labute approximate surface area is 164 Å². The molecule has 1 amide bonds. The first kappa shape index (κ1) is 19.8. The van der Waals surface area contributed by atoms with E-state index in [1.165, 1.54) is 0 Å². The fraction of sp³-hybridized carbons (Fsp3) is 0.381. The molecule has 0 bridgehead atoms. The van der Waals surface area contributed by atoms with Crippen molar-refractivity contribution >= 4 is 17.3 Å². The molecule has 1 saturated heterocycles. The van der Waals surface area contributed by atoms with Crippen LogP contribution in [0.5, 0.6) is 17.2 Å². The summed E-state index contributed by atoms with van der Waals surface area (Å²) in [5.41, 5.74) is 1.36. The standard InChI is InChI=1S/C21H26N2O5/c1-25-16-8-9-20(26-2)19(12-16)23-21(24)13-22-15-5-3-6-17(11-15)28-14-18-7-4-10-27-18/h3,5-6,8-9,11-12,18,22H,4,7,10,13-14H2,1-2H3,(H,23,24). The molecule has 1 heterocycles. The maximum Gasteiger partial charge on any atom is 0.243 e. The number of hydrogen-bond donors (Lipinski definition) is 2. The second-order valence-electron chi connectivity index (χ2n) is 6.44. The van der Waals surface area contributed by atoms with Gasteiger partial charge in [-0.2, -0.15) is 0 Å². The van der Waals surface area contributed by atoms with Crippen LogP contribution in [0.4, 0.5) is 11.4 Å². The number of amides is 1. The Hall–Kier alpha value is -2.93. The Morgan fingerprint density at radius 1 is 1.14 bits per heavy atom. The van der Waals surface area contributed by atoms with E-state index in [1.807, 2.05) is 24.3 Å². The lowest BCUT2D eigenvalue weighted by atomic mass is 10.2. The summed E-state index contributed by atoms with van der Waals surface area (Å²) in [6.07, 6.45) is 2.29. The van der Waals surface area contributed by atoms with Crippen molar-refractivity contribution in [3.63, 3.8) is 0 Å². The largest absolute Gasteiger partial charge is 0.497 e. The average molecular weight is 386 g/mol. The molecule has 0 aliphatic carbocycles. The number of hydrogen-bond acceptors (Lipinski definition) is 6. The molecule has 7 nitrogen and oxygen atoms in total. The molecule has 28 heavy (non-hydrogen) atoms. The van der Waals surface area contributed by atoms with E-state index in [4.69, 9.17) is 18.9 Å². The molecule has 1 atom stereocenters. The van der Waals surface area contributed by atoms with Gasteiger partial charge < -0.3 is 29.6 Å². The number of rotatable bonds is 9. The first-order valence-corrected chi connectivity index (χ1v) is 9.28. The molecular formula is C21H26N2O5. The Morgan fingerprint density at radius 2 is 2.04 bits per heavy atom. The second-order valence-corrected chi connectivity index (χ2v) is 6.44. The molecule has 0 aromatic heterocycles.